The molecule has 3 aromatic carbocycles. The van der Waals surface area contributed by atoms with Crippen molar-refractivity contribution in [3.63, 3.8) is 0 Å². The third-order valence-corrected chi connectivity index (χ3v) is 5.76. The average Bonchev–Trinajstić information content (AvgIpc) is 3.43. The van der Waals surface area contributed by atoms with Crippen LogP contribution in [0.5, 0.6) is 17.2 Å². The minimum atomic E-state index is -0.422. The zero-order valence-electron chi connectivity index (χ0n) is 20.7. The van der Waals surface area contributed by atoms with Gasteiger partial charge >= 0.3 is 5.63 Å². The Balaban J connectivity index is 1.28. The number of fused-ring (bicyclic) bond motifs is 1. The number of benzene rings is 3. The molecule has 2 heterocycles. The maximum Gasteiger partial charge on any atom is 0.336 e. The molecule has 0 spiro atoms. The first-order valence-corrected chi connectivity index (χ1v) is 11.7. The summed E-state index contributed by atoms with van der Waals surface area (Å²) in [5, 5.41) is 9.12. The van der Waals surface area contributed by atoms with Gasteiger partial charge in [0, 0.05) is 28.6 Å². The van der Waals surface area contributed by atoms with Crippen molar-refractivity contribution < 1.29 is 23.4 Å². The van der Waals surface area contributed by atoms with E-state index in [0.29, 0.717) is 39.8 Å². The van der Waals surface area contributed by atoms with Gasteiger partial charge in [-0.25, -0.2) is 9.48 Å². The smallest absolute Gasteiger partial charge is 0.336 e. The van der Waals surface area contributed by atoms with E-state index in [1.165, 1.54) is 12.1 Å². The Morgan fingerprint density at radius 1 is 1.00 bits per heavy atom. The molecule has 190 valence electrons. The number of hydrogen-bond acceptors (Lipinski definition) is 8. The van der Waals surface area contributed by atoms with Crippen molar-refractivity contribution >= 4 is 22.8 Å². The van der Waals surface area contributed by atoms with Gasteiger partial charge in [0.15, 0.2) is 17.3 Å². The second kappa shape index (κ2) is 10.8. The van der Waals surface area contributed by atoms with Crippen molar-refractivity contribution in [2.45, 2.75) is 6.61 Å². The summed E-state index contributed by atoms with van der Waals surface area (Å²) in [7, 11) is 3.12. The van der Waals surface area contributed by atoms with Crippen molar-refractivity contribution in [3.8, 4) is 22.9 Å². The first-order valence-electron chi connectivity index (χ1n) is 11.7. The summed E-state index contributed by atoms with van der Waals surface area (Å²) < 4.78 is 23.3. The van der Waals surface area contributed by atoms with Crippen LogP contribution in [0.1, 0.15) is 21.6 Å². The van der Waals surface area contributed by atoms with Crippen LogP contribution in [0.3, 0.4) is 0 Å². The van der Waals surface area contributed by atoms with Gasteiger partial charge in [-0.2, -0.15) is 0 Å². The molecule has 0 aliphatic carbocycles. The van der Waals surface area contributed by atoms with Gasteiger partial charge in [-0.1, -0.05) is 29.5 Å². The molecule has 0 aliphatic rings. The Morgan fingerprint density at radius 2 is 1.84 bits per heavy atom. The van der Waals surface area contributed by atoms with Crippen LogP contribution < -0.4 is 19.8 Å². The molecular weight excluding hydrogens is 486 g/mol. The van der Waals surface area contributed by atoms with Gasteiger partial charge in [-0.3, -0.25) is 4.79 Å². The highest BCUT2D eigenvalue weighted by molar-refractivity contribution is 6.07. The maximum atomic E-state index is 12.9. The molecule has 0 bridgehead atoms. The van der Waals surface area contributed by atoms with Crippen molar-refractivity contribution in [3.05, 3.63) is 112 Å². The fraction of sp³-hybridized carbons (Fsp3) is 0.103. The summed E-state index contributed by atoms with van der Waals surface area (Å²) in [6.45, 7) is 0.159. The van der Waals surface area contributed by atoms with E-state index in [4.69, 9.17) is 18.6 Å². The predicted octanol–water partition coefficient (Wildman–Crippen LogP) is 4.87. The number of para-hydroxylation sites is 1. The third-order valence-electron chi connectivity index (χ3n) is 5.76. The molecular formula is C29H23N3O6. The summed E-state index contributed by atoms with van der Waals surface area (Å²) in [6, 6.07) is 20.9. The van der Waals surface area contributed by atoms with Crippen molar-refractivity contribution in [1.82, 2.24) is 15.0 Å². The molecule has 0 N–H and O–H groups in total. The molecule has 0 unspecified atom stereocenters. The minimum Gasteiger partial charge on any atom is -0.493 e. The Morgan fingerprint density at radius 3 is 2.68 bits per heavy atom. The first kappa shape index (κ1) is 24.5. The van der Waals surface area contributed by atoms with Crippen molar-refractivity contribution in [1.29, 1.82) is 0 Å². The molecule has 9 nitrogen and oxygen atoms in total. The fourth-order valence-corrected chi connectivity index (χ4v) is 3.89. The summed E-state index contributed by atoms with van der Waals surface area (Å²) in [5.41, 5.74) is 2.50. The third kappa shape index (κ3) is 5.31. The second-order valence-electron chi connectivity index (χ2n) is 8.23. The highest BCUT2D eigenvalue weighted by atomic mass is 16.5. The van der Waals surface area contributed by atoms with E-state index >= 15 is 0 Å². The Bertz CT molecular complexity index is 1700. The van der Waals surface area contributed by atoms with E-state index in [-0.39, 0.29) is 12.4 Å². The highest BCUT2D eigenvalue weighted by Gasteiger charge is 2.10. The van der Waals surface area contributed by atoms with Crippen LogP contribution in [0.15, 0.2) is 94.3 Å². The Kier molecular flexibility index (Phi) is 6.99. The number of ketones is 1. The van der Waals surface area contributed by atoms with E-state index in [1.54, 1.807) is 73.6 Å². The minimum absolute atomic E-state index is 0.159. The number of aromatic nitrogens is 3. The highest BCUT2D eigenvalue weighted by Crippen LogP contribution is 2.31. The molecule has 0 aliphatic heterocycles. The monoisotopic (exact) mass is 509 g/mol. The van der Waals surface area contributed by atoms with Gasteiger partial charge in [0.2, 0.25) is 0 Å². The molecule has 0 fully saturated rings. The Labute approximate surface area is 217 Å². The molecule has 5 aromatic rings. The van der Waals surface area contributed by atoms with Crippen LogP contribution in [0, 0.1) is 0 Å². The van der Waals surface area contributed by atoms with E-state index in [9.17, 15) is 9.59 Å². The molecule has 0 atom stereocenters. The van der Waals surface area contributed by atoms with Gasteiger partial charge in [-0.15, -0.1) is 5.10 Å². The van der Waals surface area contributed by atoms with E-state index < -0.39 is 5.63 Å². The molecule has 0 radical (unpaired) electrons. The molecule has 0 amide bonds. The first-order chi connectivity index (χ1) is 18.5. The van der Waals surface area contributed by atoms with E-state index in [0.717, 1.165) is 10.9 Å². The number of ether oxygens (including phenoxy) is 3. The zero-order valence-corrected chi connectivity index (χ0v) is 20.7. The largest absolute Gasteiger partial charge is 0.493 e. The van der Waals surface area contributed by atoms with E-state index in [1.807, 2.05) is 24.3 Å². The number of rotatable bonds is 9. The SMILES string of the molecule is COc1cccc(/C=C/C(=O)c2cccc(-n3cc(COc4ccc5ccc(=O)oc5c4)nn3)c2)c1OC. The number of carbonyl (C=O) groups is 1. The number of hydrogen-bond donors (Lipinski definition) is 0. The fourth-order valence-electron chi connectivity index (χ4n) is 3.89. The van der Waals surface area contributed by atoms with Crippen LogP contribution in [0.4, 0.5) is 0 Å². The number of carbonyl (C=O) groups excluding carboxylic acids is 1. The van der Waals surface area contributed by atoms with Gasteiger partial charge in [0.05, 0.1) is 26.1 Å². The average molecular weight is 510 g/mol. The van der Waals surface area contributed by atoms with Gasteiger partial charge in [0.1, 0.15) is 23.6 Å². The van der Waals surface area contributed by atoms with Gasteiger partial charge < -0.3 is 18.6 Å². The van der Waals surface area contributed by atoms with Crippen LogP contribution in [-0.4, -0.2) is 35.0 Å². The standard InChI is InChI=1S/C29H23N3O6/c1-35-26-8-4-5-20(29(26)36-2)10-13-25(33)21-6-3-7-23(15-21)32-17-22(30-31-32)18-37-24-12-9-19-11-14-28(34)38-27(19)16-24/h3-17H,18H2,1-2H3/b13-10+. The number of methoxy groups -OCH3 is 2. The predicted molar refractivity (Wildman–Crippen MR) is 141 cm³/mol. The lowest BCUT2D eigenvalue weighted by Crippen LogP contribution is -2.00. The summed E-state index contributed by atoms with van der Waals surface area (Å²) in [5.74, 6) is 1.50. The van der Waals surface area contributed by atoms with Gasteiger partial charge in [-0.05, 0) is 48.6 Å². The Hall–Kier alpha value is -5.18. The molecule has 2 aromatic heterocycles. The molecule has 5 rings (SSSR count). The molecule has 0 saturated heterocycles. The topological polar surface area (TPSA) is 106 Å². The van der Waals surface area contributed by atoms with Crippen LogP contribution >= 0.6 is 0 Å². The lowest BCUT2D eigenvalue weighted by molar-refractivity contribution is 0.104. The van der Waals surface area contributed by atoms with Crippen LogP contribution in [0.25, 0.3) is 22.7 Å². The summed E-state index contributed by atoms with van der Waals surface area (Å²) >= 11 is 0. The second-order valence-corrected chi connectivity index (χ2v) is 8.23. The lowest BCUT2D eigenvalue weighted by Gasteiger charge is -2.09. The molecule has 9 heteroatoms. The number of nitrogens with zero attached hydrogens (tertiary/aromatic N) is 3. The molecule has 0 saturated carbocycles. The lowest BCUT2D eigenvalue weighted by atomic mass is 10.1. The normalized spacial score (nSPS) is 11.1. The molecule has 38 heavy (non-hydrogen) atoms. The van der Waals surface area contributed by atoms with Crippen molar-refractivity contribution in [2.24, 2.45) is 0 Å². The number of allylic oxidation sites excluding steroid dienone is 1. The van der Waals surface area contributed by atoms with Crippen LogP contribution in [-0.2, 0) is 6.61 Å². The maximum absolute atomic E-state index is 12.9. The van der Waals surface area contributed by atoms with Gasteiger partial charge in [0.25, 0.3) is 0 Å². The summed E-state index contributed by atoms with van der Waals surface area (Å²) in [4.78, 5) is 24.3. The van der Waals surface area contributed by atoms with Crippen molar-refractivity contribution in [2.75, 3.05) is 14.2 Å². The van der Waals surface area contributed by atoms with Crippen LogP contribution in [0.2, 0.25) is 0 Å². The quantitative estimate of drug-likeness (QED) is 0.157. The van der Waals surface area contributed by atoms with E-state index in [2.05, 4.69) is 10.3 Å². The zero-order chi connectivity index (χ0) is 26.5. The summed E-state index contributed by atoms with van der Waals surface area (Å²) in [6.07, 6.45) is 4.91.